The lowest BCUT2D eigenvalue weighted by Crippen LogP contribution is -2.30. The van der Waals surface area contributed by atoms with Crippen LogP contribution in [0.3, 0.4) is 0 Å². The first-order valence-corrected chi connectivity index (χ1v) is 9.44. The van der Waals surface area contributed by atoms with Gasteiger partial charge in [0, 0.05) is 42.2 Å². The van der Waals surface area contributed by atoms with E-state index in [1.54, 1.807) is 0 Å². The number of nitrogens with two attached hydrogens (primary N) is 1. The normalized spacial score (nSPS) is 23.4. The third-order valence-corrected chi connectivity index (χ3v) is 6.57. The van der Waals surface area contributed by atoms with Crippen molar-refractivity contribution in [2.45, 2.75) is 44.7 Å². The molecule has 3 aliphatic rings. The number of fused-ring (bicyclic) bond motifs is 1. The number of pyridine rings is 1. The lowest BCUT2D eigenvalue weighted by Gasteiger charge is -2.24. The number of aryl methyl sites for hydroxylation is 1. The molecule has 0 unspecified atom stereocenters. The fourth-order valence-electron chi connectivity index (χ4n) is 4.70. The van der Waals surface area contributed by atoms with Crippen molar-refractivity contribution >= 4 is 22.6 Å². The van der Waals surface area contributed by atoms with E-state index >= 15 is 4.39 Å². The maximum absolute atomic E-state index is 15.1. The van der Waals surface area contributed by atoms with Crippen LogP contribution in [0.4, 0.5) is 10.1 Å². The number of anilines is 1. The van der Waals surface area contributed by atoms with Gasteiger partial charge in [0.2, 0.25) is 5.43 Å². The number of benzene rings is 1. The summed E-state index contributed by atoms with van der Waals surface area (Å²) in [7, 11) is 0. The monoisotopic (exact) mass is 371 g/mol. The number of aromatic nitrogens is 1. The zero-order valence-corrected chi connectivity index (χ0v) is 15.2. The van der Waals surface area contributed by atoms with E-state index in [9.17, 15) is 14.7 Å². The summed E-state index contributed by atoms with van der Waals surface area (Å²) in [5, 5.41) is 9.53. The molecular weight excluding hydrogens is 349 g/mol. The third-order valence-electron chi connectivity index (χ3n) is 6.57. The molecule has 1 aliphatic heterocycles. The summed E-state index contributed by atoms with van der Waals surface area (Å²) in [6.45, 7) is 3.16. The molecule has 0 bridgehead atoms. The van der Waals surface area contributed by atoms with Gasteiger partial charge in [-0.2, -0.15) is 0 Å². The first kappa shape index (κ1) is 16.7. The Morgan fingerprint density at radius 3 is 2.63 bits per heavy atom. The minimum atomic E-state index is -1.28. The molecule has 1 spiro atoms. The van der Waals surface area contributed by atoms with Gasteiger partial charge in [0.05, 0.1) is 11.2 Å². The van der Waals surface area contributed by atoms with E-state index in [2.05, 4.69) is 0 Å². The van der Waals surface area contributed by atoms with Crippen molar-refractivity contribution in [3.05, 3.63) is 39.4 Å². The molecule has 2 heterocycles. The number of hydrogen-bond acceptors (Lipinski definition) is 4. The number of carbonyl (C=O) groups is 1. The average Bonchev–Trinajstić information content (AvgIpc) is 3.49. The van der Waals surface area contributed by atoms with Gasteiger partial charge in [0.1, 0.15) is 11.4 Å². The van der Waals surface area contributed by atoms with Gasteiger partial charge in [-0.1, -0.05) is 0 Å². The number of halogens is 1. The molecule has 27 heavy (non-hydrogen) atoms. The second-order valence-corrected chi connectivity index (χ2v) is 8.39. The van der Waals surface area contributed by atoms with Gasteiger partial charge in [-0.15, -0.1) is 0 Å². The Hall–Kier alpha value is -2.41. The second-order valence-electron chi connectivity index (χ2n) is 8.39. The van der Waals surface area contributed by atoms with Crippen LogP contribution < -0.4 is 16.1 Å². The van der Waals surface area contributed by atoms with Crippen LogP contribution in [-0.2, 0) is 0 Å². The maximum Gasteiger partial charge on any atom is 0.341 e. The molecule has 0 amide bonds. The highest BCUT2D eigenvalue weighted by atomic mass is 19.1. The molecule has 2 aromatic rings. The standard InChI is InChI=1S/C20H22FN3O3/c1-10-16-12(18(25)13(19(26)27)7-24(16)11-2-3-11)6-14(21)17(10)23-8-15(22)20(9-23)4-5-20/h6-7,11,15H,2-5,8-9,22H2,1H3,(H,26,27)/t15-/m1/s1. The quantitative estimate of drug-likeness (QED) is 0.865. The highest BCUT2D eigenvalue weighted by Gasteiger charge is 2.54. The minimum absolute atomic E-state index is 0.0343. The Labute approximate surface area is 155 Å². The minimum Gasteiger partial charge on any atom is -0.477 e. The van der Waals surface area contributed by atoms with Crippen molar-refractivity contribution in [3.63, 3.8) is 0 Å². The van der Waals surface area contributed by atoms with Crippen LogP contribution >= 0.6 is 0 Å². The molecule has 1 saturated heterocycles. The highest BCUT2D eigenvalue weighted by molar-refractivity contribution is 5.95. The number of carboxylic acids is 1. The molecular formula is C20H22FN3O3. The van der Waals surface area contributed by atoms with Crippen LogP contribution in [0.1, 0.15) is 47.6 Å². The van der Waals surface area contributed by atoms with Gasteiger partial charge in [0.15, 0.2) is 0 Å². The molecule has 142 valence electrons. The Kier molecular flexibility index (Phi) is 3.30. The number of nitrogens with zero attached hydrogens (tertiary/aromatic N) is 2. The molecule has 1 aromatic heterocycles. The fraction of sp³-hybridized carbons (Fsp3) is 0.500. The molecule has 3 fully saturated rings. The largest absolute Gasteiger partial charge is 0.477 e. The molecule has 1 aromatic carbocycles. The fourth-order valence-corrected chi connectivity index (χ4v) is 4.70. The molecule has 1 atom stereocenters. The Morgan fingerprint density at radius 2 is 2.07 bits per heavy atom. The Morgan fingerprint density at radius 1 is 1.37 bits per heavy atom. The van der Waals surface area contributed by atoms with Gasteiger partial charge in [-0.3, -0.25) is 4.79 Å². The Bertz CT molecular complexity index is 1050. The van der Waals surface area contributed by atoms with Gasteiger partial charge < -0.3 is 20.3 Å². The predicted octanol–water partition coefficient (Wildman–Crippen LogP) is 2.41. The zero-order chi connectivity index (χ0) is 19.1. The molecule has 0 radical (unpaired) electrons. The van der Waals surface area contributed by atoms with Crippen molar-refractivity contribution in [2.24, 2.45) is 11.1 Å². The number of aromatic carboxylic acids is 1. The molecule has 6 nitrogen and oxygen atoms in total. The van der Waals surface area contributed by atoms with E-state index in [-0.39, 0.29) is 28.4 Å². The van der Waals surface area contributed by atoms with Gasteiger partial charge in [-0.25, -0.2) is 9.18 Å². The second kappa shape index (κ2) is 5.32. The van der Waals surface area contributed by atoms with Crippen molar-refractivity contribution in [3.8, 4) is 0 Å². The van der Waals surface area contributed by atoms with Crippen LogP contribution in [0.2, 0.25) is 0 Å². The van der Waals surface area contributed by atoms with E-state index < -0.39 is 17.2 Å². The van der Waals surface area contributed by atoms with Crippen LogP contribution in [0.5, 0.6) is 0 Å². The average molecular weight is 371 g/mol. The number of carboxylic acid groups (broad SMARTS) is 1. The van der Waals surface area contributed by atoms with Crippen LogP contribution in [0.25, 0.3) is 10.9 Å². The molecule has 2 aliphatic carbocycles. The lowest BCUT2D eigenvalue weighted by molar-refractivity contribution is 0.0695. The smallest absolute Gasteiger partial charge is 0.341 e. The summed E-state index contributed by atoms with van der Waals surface area (Å²) in [6, 6.07) is 1.42. The summed E-state index contributed by atoms with van der Waals surface area (Å²) >= 11 is 0. The lowest BCUT2D eigenvalue weighted by atomic mass is 10.0. The van der Waals surface area contributed by atoms with Crippen molar-refractivity contribution < 1.29 is 14.3 Å². The Balaban J connectivity index is 1.75. The van der Waals surface area contributed by atoms with E-state index in [0.29, 0.717) is 23.3 Å². The van der Waals surface area contributed by atoms with Crippen LogP contribution in [-0.4, -0.2) is 34.8 Å². The van der Waals surface area contributed by atoms with Crippen molar-refractivity contribution in [1.29, 1.82) is 0 Å². The first-order valence-electron chi connectivity index (χ1n) is 9.44. The van der Waals surface area contributed by atoms with Gasteiger partial charge >= 0.3 is 5.97 Å². The molecule has 5 rings (SSSR count). The summed E-state index contributed by atoms with van der Waals surface area (Å²) in [5.74, 6) is -1.76. The summed E-state index contributed by atoms with van der Waals surface area (Å²) < 4.78 is 17.0. The topological polar surface area (TPSA) is 88.6 Å². The summed E-state index contributed by atoms with van der Waals surface area (Å²) in [5.41, 5.74) is 7.31. The maximum atomic E-state index is 15.1. The SMILES string of the molecule is Cc1c(N2C[C@@H](N)C3(CC3)C2)c(F)cc2c(=O)c(C(=O)O)cn(C3CC3)c12. The van der Waals surface area contributed by atoms with Crippen molar-refractivity contribution in [1.82, 2.24) is 4.57 Å². The zero-order valence-electron chi connectivity index (χ0n) is 15.2. The van der Waals surface area contributed by atoms with E-state index in [0.717, 1.165) is 32.2 Å². The van der Waals surface area contributed by atoms with Crippen LogP contribution in [0.15, 0.2) is 17.1 Å². The highest BCUT2D eigenvalue weighted by Crippen LogP contribution is 2.53. The third kappa shape index (κ3) is 2.34. The number of hydrogen-bond donors (Lipinski definition) is 2. The van der Waals surface area contributed by atoms with Gasteiger partial charge in [0.25, 0.3) is 0 Å². The molecule has 3 N–H and O–H groups in total. The summed E-state index contributed by atoms with van der Waals surface area (Å²) in [6.07, 6.45) is 5.44. The molecule has 7 heteroatoms. The van der Waals surface area contributed by atoms with E-state index in [1.807, 2.05) is 16.4 Å². The van der Waals surface area contributed by atoms with E-state index in [1.165, 1.54) is 12.3 Å². The van der Waals surface area contributed by atoms with Crippen LogP contribution in [0, 0.1) is 18.2 Å². The predicted molar refractivity (Wildman–Crippen MR) is 100.0 cm³/mol. The van der Waals surface area contributed by atoms with Crippen molar-refractivity contribution in [2.75, 3.05) is 18.0 Å². The first-order chi connectivity index (χ1) is 12.8. The molecule has 2 saturated carbocycles. The number of rotatable bonds is 3. The van der Waals surface area contributed by atoms with E-state index in [4.69, 9.17) is 5.73 Å². The van der Waals surface area contributed by atoms with Gasteiger partial charge in [-0.05, 0) is 44.2 Å². The summed E-state index contributed by atoms with van der Waals surface area (Å²) in [4.78, 5) is 26.2.